The van der Waals surface area contributed by atoms with Crippen LogP contribution in [-0.2, 0) is 9.59 Å². The van der Waals surface area contributed by atoms with Gasteiger partial charge in [0, 0.05) is 36.1 Å². The van der Waals surface area contributed by atoms with Crippen molar-refractivity contribution in [3.05, 3.63) is 40.6 Å². The van der Waals surface area contributed by atoms with Crippen molar-refractivity contribution in [1.82, 2.24) is 4.90 Å². The Labute approximate surface area is 161 Å². The van der Waals surface area contributed by atoms with Crippen molar-refractivity contribution in [2.75, 3.05) is 24.8 Å². The van der Waals surface area contributed by atoms with Crippen LogP contribution in [0, 0.1) is 5.92 Å². The normalized spacial score (nSPS) is 24.1. The van der Waals surface area contributed by atoms with Crippen molar-refractivity contribution in [1.29, 1.82) is 0 Å². The van der Waals surface area contributed by atoms with E-state index in [2.05, 4.69) is 11.4 Å². The molecular formula is C20H20N2O4S. The number of anilines is 1. The molecule has 6 nitrogen and oxygen atoms in total. The fourth-order valence-electron chi connectivity index (χ4n) is 4.22. The average Bonchev–Trinajstić information content (AvgIpc) is 3.45. The number of amides is 2. The molecule has 1 aromatic carbocycles. The van der Waals surface area contributed by atoms with E-state index in [9.17, 15) is 9.59 Å². The molecule has 0 bridgehead atoms. The van der Waals surface area contributed by atoms with Gasteiger partial charge in [0.1, 0.15) is 0 Å². The Morgan fingerprint density at radius 3 is 2.93 bits per heavy atom. The van der Waals surface area contributed by atoms with E-state index in [1.54, 1.807) is 16.2 Å². The van der Waals surface area contributed by atoms with Gasteiger partial charge in [0.15, 0.2) is 11.5 Å². The number of fused-ring (bicyclic) bond motifs is 1. The van der Waals surface area contributed by atoms with Crippen LogP contribution in [0.25, 0.3) is 0 Å². The summed E-state index contributed by atoms with van der Waals surface area (Å²) >= 11 is 1.70. The van der Waals surface area contributed by atoms with Crippen LogP contribution in [0.3, 0.4) is 0 Å². The van der Waals surface area contributed by atoms with Crippen molar-refractivity contribution in [2.24, 2.45) is 5.92 Å². The molecule has 2 unspecified atom stereocenters. The lowest BCUT2D eigenvalue weighted by molar-refractivity contribution is -0.136. The van der Waals surface area contributed by atoms with Crippen molar-refractivity contribution < 1.29 is 19.1 Å². The van der Waals surface area contributed by atoms with E-state index in [-0.39, 0.29) is 37.0 Å². The fraction of sp³-hybridized carbons (Fsp3) is 0.400. The number of rotatable bonds is 3. The largest absolute Gasteiger partial charge is 0.454 e. The lowest BCUT2D eigenvalue weighted by Gasteiger charge is -2.26. The second-order valence-electron chi connectivity index (χ2n) is 7.15. The number of carbonyl (C=O) groups is 2. The molecule has 0 N–H and O–H groups in total. The van der Waals surface area contributed by atoms with Gasteiger partial charge in [0.25, 0.3) is 0 Å². The number of thiophene rings is 1. The Hall–Kier alpha value is -2.54. The maximum atomic E-state index is 13.2. The summed E-state index contributed by atoms with van der Waals surface area (Å²) in [6, 6.07) is 9.77. The van der Waals surface area contributed by atoms with Gasteiger partial charge in [0.05, 0.1) is 12.0 Å². The van der Waals surface area contributed by atoms with Gasteiger partial charge < -0.3 is 19.3 Å². The first-order chi connectivity index (χ1) is 13.2. The third-order valence-corrected chi connectivity index (χ3v) is 6.52. The van der Waals surface area contributed by atoms with Crippen LogP contribution in [0.1, 0.15) is 30.2 Å². The summed E-state index contributed by atoms with van der Waals surface area (Å²) in [5, 5.41) is 2.05. The van der Waals surface area contributed by atoms with E-state index in [1.807, 2.05) is 29.2 Å². The lowest BCUT2D eigenvalue weighted by Crippen LogP contribution is -2.36. The van der Waals surface area contributed by atoms with Crippen LogP contribution in [0.15, 0.2) is 35.7 Å². The summed E-state index contributed by atoms with van der Waals surface area (Å²) in [5.41, 5.74) is 0.760. The second-order valence-corrected chi connectivity index (χ2v) is 8.13. The first-order valence-electron chi connectivity index (χ1n) is 9.24. The van der Waals surface area contributed by atoms with Crippen LogP contribution in [0.2, 0.25) is 0 Å². The number of ether oxygens (including phenoxy) is 2. The Morgan fingerprint density at radius 2 is 2.07 bits per heavy atom. The molecule has 0 aliphatic carbocycles. The molecule has 2 saturated heterocycles. The molecule has 0 radical (unpaired) electrons. The maximum Gasteiger partial charge on any atom is 0.231 e. The number of hydrogen-bond acceptors (Lipinski definition) is 5. The van der Waals surface area contributed by atoms with Gasteiger partial charge in [-0.15, -0.1) is 11.3 Å². The highest BCUT2D eigenvalue weighted by molar-refractivity contribution is 7.10. The minimum Gasteiger partial charge on any atom is -0.454 e. The molecule has 0 saturated carbocycles. The van der Waals surface area contributed by atoms with Gasteiger partial charge in [-0.25, -0.2) is 0 Å². The van der Waals surface area contributed by atoms with Crippen molar-refractivity contribution in [3.8, 4) is 11.5 Å². The highest BCUT2D eigenvalue weighted by Crippen LogP contribution is 2.39. The first-order valence-corrected chi connectivity index (χ1v) is 10.1. The van der Waals surface area contributed by atoms with Crippen molar-refractivity contribution >= 4 is 28.8 Å². The van der Waals surface area contributed by atoms with Crippen molar-refractivity contribution in [2.45, 2.75) is 25.3 Å². The summed E-state index contributed by atoms with van der Waals surface area (Å²) in [6.45, 7) is 1.40. The van der Waals surface area contributed by atoms with E-state index >= 15 is 0 Å². The van der Waals surface area contributed by atoms with Crippen molar-refractivity contribution in [3.63, 3.8) is 0 Å². The molecule has 1 aromatic heterocycles. The number of likely N-dealkylation sites (tertiary alicyclic amines) is 1. The molecule has 3 aliphatic heterocycles. The van der Waals surface area contributed by atoms with Crippen LogP contribution < -0.4 is 14.4 Å². The minimum atomic E-state index is -0.288. The Balaban J connectivity index is 1.33. The topological polar surface area (TPSA) is 59.1 Å². The van der Waals surface area contributed by atoms with Gasteiger partial charge in [0.2, 0.25) is 18.6 Å². The van der Waals surface area contributed by atoms with Gasteiger partial charge >= 0.3 is 0 Å². The first kappa shape index (κ1) is 16.6. The monoisotopic (exact) mass is 384 g/mol. The number of carbonyl (C=O) groups excluding carboxylic acids is 2. The SMILES string of the molecule is O=C1CC(C(=O)N2CCCC2c2cccs2)CN1c1ccc2c(c1)OCO2. The zero-order valence-electron chi connectivity index (χ0n) is 14.8. The molecule has 0 spiro atoms. The van der Waals surface area contributed by atoms with Gasteiger partial charge in [-0.05, 0) is 36.4 Å². The summed E-state index contributed by atoms with van der Waals surface area (Å²) in [6.07, 6.45) is 2.28. The molecule has 3 aliphatic rings. The average molecular weight is 384 g/mol. The van der Waals surface area contributed by atoms with E-state index in [4.69, 9.17) is 9.47 Å². The van der Waals surface area contributed by atoms with E-state index in [1.165, 1.54) is 4.88 Å². The second kappa shape index (κ2) is 6.56. The highest BCUT2D eigenvalue weighted by atomic mass is 32.1. The number of nitrogens with zero attached hydrogens (tertiary/aromatic N) is 2. The lowest BCUT2D eigenvalue weighted by atomic mass is 10.1. The predicted molar refractivity (Wildman–Crippen MR) is 101 cm³/mol. The van der Waals surface area contributed by atoms with Gasteiger partial charge in [-0.1, -0.05) is 6.07 Å². The third-order valence-electron chi connectivity index (χ3n) is 5.55. The zero-order valence-corrected chi connectivity index (χ0v) is 15.6. The molecule has 4 heterocycles. The van der Waals surface area contributed by atoms with Gasteiger partial charge in [-0.3, -0.25) is 9.59 Å². The Morgan fingerprint density at radius 1 is 1.19 bits per heavy atom. The zero-order chi connectivity index (χ0) is 18.4. The molecule has 2 amide bonds. The maximum absolute atomic E-state index is 13.2. The molecule has 2 fully saturated rings. The minimum absolute atomic E-state index is 0.0147. The van der Waals surface area contributed by atoms with Crippen LogP contribution in [-0.4, -0.2) is 36.6 Å². The van der Waals surface area contributed by atoms with E-state index in [0.717, 1.165) is 25.1 Å². The summed E-state index contributed by atoms with van der Waals surface area (Å²) in [5.74, 6) is 1.13. The smallest absolute Gasteiger partial charge is 0.231 e. The van der Waals surface area contributed by atoms with Crippen LogP contribution in [0.4, 0.5) is 5.69 Å². The molecule has 2 aromatic rings. The van der Waals surface area contributed by atoms with E-state index in [0.29, 0.717) is 18.0 Å². The molecule has 7 heteroatoms. The summed E-state index contributed by atoms with van der Waals surface area (Å²) in [7, 11) is 0. The van der Waals surface area contributed by atoms with Crippen LogP contribution in [0.5, 0.6) is 11.5 Å². The van der Waals surface area contributed by atoms with Gasteiger partial charge in [-0.2, -0.15) is 0 Å². The Kier molecular flexibility index (Phi) is 4.04. The summed E-state index contributed by atoms with van der Waals surface area (Å²) < 4.78 is 10.7. The summed E-state index contributed by atoms with van der Waals surface area (Å²) in [4.78, 5) is 30.7. The third kappa shape index (κ3) is 2.86. The molecule has 140 valence electrons. The fourth-order valence-corrected chi connectivity index (χ4v) is 5.09. The molecular weight excluding hydrogens is 364 g/mol. The molecule has 2 atom stereocenters. The number of hydrogen-bond donors (Lipinski definition) is 0. The predicted octanol–water partition coefficient (Wildman–Crippen LogP) is 3.19. The Bertz CT molecular complexity index is 882. The molecule has 5 rings (SSSR count). The number of benzene rings is 1. The highest BCUT2D eigenvalue weighted by Gasteiger charge is 2.41. The van der Waals surface area contributed by atoms with Crippen LogP contribution >= 0.6 is 11.3 Å². The standard InChI is InChI=1S/C20H20N2O4S/c23-19-9-13(11-22(19)14-5-6-16-17(10-14)26-12-25-16)20(24)21-7-1-3-15(21)18-4-2-8-27-18/h2,4-6,8,10,13,15H,1,3,7,9,11-12H2. The molecule has 27 heavy (non-hydrogen) atoms. The quantitative estimate of drug-likeness (QED) is 0.816. The van der Waals surface area contributed by atoms with E-state index < -0.39 is 0 Å².